The van der Waals surface area contributed by atoms with Gasteiger partial charge in [0.05, 0.1) is 24.9 Å². The van der Waals surface area contributed by atoms with Gasteiger partial charge in [-0.1, -0.05) is 36.4 Å². The number of carbonyl (C=O) groups is 2. The maximum absolute atomic E-state index is 12.3. The number of nitrogens with zero attached hydrogens (tertiary/aromatic N) is 2. The molecule has 0 aliphatic carbocycles. The number of aryl methyl sites for hydroxylation is 1. The highest BCUT2D eigenvalue weighted by Gasteiger charge is 2.22. The summed E-state index contributed by atoms with van der Waals surface area (Å²) in [5, 5.41) is 5.69. The third kappa shape index (κ3) is 3.91. The molecule has 0 unspecified atom stereocenters. The van der Waals surface area contributed by atoms with E-state index in [1.54, 1.807) is 18.2 Å². The van der Waals surface area contributed by atoms with E-state index >= 15 is 0 Å². The fourth-order valence-electron chi connectivity index (χ4n) is 2.70. The second-order valence-electron chi connectivity index (χ2n) is 5.94. The van der Waals surface area contributed by atoms with Crippen molar-refractivity contribution in [3.05, 3.63) is 65.2 Å². The topological polar surface area (TPSA) is 68.2 Å². The maximum Gasteiger partial charge on any atom is 0.338 e. The van der Waals surface area contributed by atoms with Crippen molar-refractivity contribution in [2.45, 2.75) is 13.3 Å². The summed E-state index contributed by atoms with van der Waals surface area (Å²) in [6.45, 7) is 2.02. The Hall–Kier alpha value is -3.15. The van der Waals surface area contributed by atoms with Gasteiger partial charge in [0.2, 0.25) is 0 Å². The molecule has 0 N–H and O–H groups in total. The van der Waals surface area contributed by atoms with Crippen molar-refractivity contribution < 1.29 is 19.1 Å². The van der Waals surface area contributed by atoms with Crippen LogP contribution in [0.2, 0.25) is 0 Å². The number of hydrazone groups is 1. The zero-order valence-corrected chi connectivity index (χ0v) is 14.8. The van der Waals surface area contributed by atoms with E-state index in [4.69, 9.17) is 9.47 Å². The fourth-order valence-corrected chi connectivity index (χ4v) is 2.70. The smallest absolute Gasteiger partial charge is 0.338 e. The van der Waals surface area contributed by atoms with Gasteiger partial charge in [-0.25, -0.2) is 9.80 Å². The molecule has 0 saturated carbocycles. The highest BCUT2D eigenvalue weighted by molar-refractivity contribution is 6.02. The van der Waals surface area contributed by atoms with Crippen LogP contribution in [-0.2, 0) is 9.53 Å². The average molecular weight is 352 g/mol. The predicted molar refractivity (Wildman–Crippen MR) is 97.3 cm³/mol. The molecule has 0 atom stereocenters. The molecule has 1 heterocycles. The Balaban J connectivity index is 1.59. The number of amides is 1. The Morgan fingerprint density at radius 2 is 1.92 bits per heavy atom. The normalized spacial score (nSPS) is 13.3. The molecule has 0 saturated heterocycles. The quantitative estimate of drug-likeness (QED) is 0.776. The third-order valence-corrected chi connectivity index (χ3v) is 4.17. The van der Waals surface area contributed by atoms with Gasteiger partial charge in [0.15, 0.2) is 6.61 Å². The van der Waals surface area contributed by atoms with Crippen LogP contribution >= 0.6 is 0 Å². The Morgan fingerprint density at radius 1 is 1.15 bits per heavy atom. The number of hydrogen-bond acceptors (Lipinski definition) is 5. The van der Waals surface area contributed by atoms with Gasteiger partial charge in [0, 0.05) is 6.42 Å². The molecule has 26 heavy (non-hydrogen) atoms. The summed E-state index contributed by atoms with van der Waals surface area (Å²) in [4.78, 5) is 24.4. The van der Waals surface area contributed by atoms with E-state index in [-0.39, 0.29) is 12.5 Å². The highest BCUT2D eigenvalue weighted by Crippen LogP contribution is 2.19. The van der Waals surface area contributed by atoms with Crippen LogP contribution in [0.5, 0.6) is 5.75 Å². The summed E-state index contributed by atoms with van der Waals surface area (Å²) < 4.78 is 10.3. The minimum absolute atomic E-state index is 0.343. The molecule has 6 heteroatoms. The number of hydrogen-bond donors (Lipinski definition) is 0. The first kappa shape index (κ1) is 17.7. The lowest BCUT2D eigenvalue weighted by molar-refractivity contribution is -0.134. The maximum atomic E-state index is 12.3. The molecule has 1 amide bonds. The molecule has 3 rings (SSSR count). The fraction of sp³-hybridized carbons (Fsp3) is 0.250. The van der Waals surface area contributed by atoms with E-state index in [2.05, 4.69) is 5.10 Å². The minimum atomic E-state index is -0.567. The number of ether oxygens (including phenoxy) is 2. The van der Waals surface area contributed by atoms with Crippen molar-refractivity contribution in [2.75, 3.05) is 20.3 Å². The van der Waals surface area contributed by atoms with Crippen LogP contribution in [0, 0.1) is 6.92 Å². The molecule has 1 aliphatic rings. The first-order chi connectivity index (χ1) is 12.6. The first-order valence-electron chi connectivity index (χ1n) is 8.33. The third-order valence-electron chi connectivity index (χ3n) is 4.17. The van der Waals surface area contributed by atoms with Crippen LogP contribution in [0.4, 0.5) is 0 Å². The van der Waals surface area contributed by atoms with E-state index in [0.29, 0.717) is 24.3 Å². The molecule has 0 spiro atoms. The zero-order chi connectivity index (χ0) is 18.5. The lowest BCUT2D eigenvalue weighted by Crippen LogP contribution is -2.28. The Kier molecular flexibility index (Phi) is 5.31. The second-order valence-corrected chi connectivity index (χ2v) is 5.94. The monoisotopic (exact) mass is 352 g/mol. The summed E-state index contributed by atoms with van der Waals surface area (Å²) in [5.74, 6) is -0.311. The van der Waals surface area contributed by atoms with Crippen molar-refractivity contribution in [2.24, 2.45) is 5.10 Å². The molecule has 0 bridgehead atoms. The summed E-state index contributed by atoms with van der Waals surface area (Å²) >= 11 is 0. The molecule has 134 valence electrons. The van der Waals surface area contributed by atoms with E-state index < -0.39 is 5.97 Å². The molecule has 0 aromatic heterocycles. The van der Waals surface area contributed by atoms with E-state index in [1.165, 1.54) is 12.1 Å². The van der Waals surface area contributed by atoms with Gasteiger partial charge in [0.1, 0.15) is 5.75 Å². The predicted octanol–water partition coefficient (Wildman–Crippen LogP) is 2.80. The van der Waals surface area contributed by atoms with Crippen molar-refractivity contribution in [1.82, 2.24) is 5.01 Å². The van der Waals surface area contributed by atoms with E-state index in [1.807, 2.05) is 37.3 Å². The molecule has 2 aromatic carbocycles. The van der Waals surface area contributed by atoms with Crippen LogP contribution in [-0.4, -0.2) is 42.9 Å². The van der Waals surface area contributed by atoms with Crippen molar-refractivity contribution >= 4 is 17.6 Å². The molecule has 0 fully saturated rings. The van der Waals surface area contributed by atoms with E-state index in [9.17, 15) is 9.59 Å². The summed E-state index contributed by atoms with van der Waals surface area (Å²) in [5.41, 5.74) is 3.11. The summed E-state index contributed by atoms with van der Waals surface area (Å²) in [7, 11) is 1.54. The lowest BCUT2D eigenvalue weighted by atomic mass is 10.1. The van der Waals surface area contributed by atoms with Gasteiger partial charge in [-0.2, -0.15) is 5.10 Å². The minimum Gasteiger partial charge on any atom is -0.496 e. The Morgan fingerprint density at radius 3 is 2.65 bits per heavy atom. The number of esters is 1. The van der Waals surface area contributed by atoms with Gasteiger partial charge in [0.25, 0.3) is 5.91 Å². The van der Waals surface area contributed by atoms with Gasteiger partial charge < -0.3 is 9.47 Å². The van der Waals surface area contributed by atoms with Crippen LogP contribution in [0.3, 0.4) is 0 Å². The van der Waals surface area contributed by atoms with Crippen molar-refractivity contribution in [3.8, 4) is 5.75 Å². The lowest BCUT2D eigenvalue weighted by Gasteiger charge is -2.12. The number of methoxy groups -OCH3 is 1. The molecular formula is C20H20N2O4. The first-order valence-corrected chi connectivity index (χ1v) is 8.33. The number of benzene rings is 2. The van der Waals surface area contributed by atoms with Gasteiger partial charge >= 0.3 is 5.97 Å². The van der Waals surface area contributed by atoms with Crippen LogP contribution in [0.25, 0.3) is 0 Å². The Labute approximate surface area is 152 Å². The summed E-state index contributed by atoms with van der Waals surface area (Å²) in [6, 6.07) is 14.7. The zero-order valence-electron chi connectivity index (χ0n) is 14.8. The molecule has 6 nitrogen and oxygen atoms in total. The Bertz CT molecular complexity index is 846. The van der Waals surface area contributed by atoms with Crippen LogP contribution in [0.1, 0.15) is 27.9 Å². The molecule has 0 radical (unpaired) electrons. The average Bonchev–Trinajstić information content (AvgIpc) is 3.17. The van der Waals surface area contributed by atoms with Gasteiger partial charge in [-0.05, 0) is 30.2 Å². The van der Waals surface area contributed by atoms with Crippen molar-refractivity contribution in [1.29, 1.82) is 0 Å². The SMILES string of the molecule is COc1cc(C(=O)OCC(=O)N2CCC(c3ccccc3)=N2)ccc1C. The highest BCUT2D eigenvalue weighted by atomic mass is 16.5. The second kappa shape index (κ2) is 7.82. The molecule has 2 aromatic rings. The summed E-state index contributed by atoms with van der Waals surface area (Å²) in [6.07, 6.45) is 0.679. The largest absolute Gasteiger partial charge is 0.496 e. The van der Waals surface area contributed by atoms with Gasteiger partial charge in [-0.15, -0.1) is 0 Å². The molecular weight excluding hydrogens is 332 g/mol. The standard InChI is InChI=1S/C20H20N2O4/c1-14-8-9-16(12-18(14)25-2)20(24)26-13-19(23)22-11-10-17(21-22)15-6-4-3-5-7-15/h3-9,12H,10-11,13H2,1-2H3. The van der Waals surface area contributed by atoms with Crippen LogP contribution in [0.15, 0.2) is 53.6 Å². The molecule has 1 aliphatic heterocycles. The van der Waals surface area contributed by atoms with Gasteiger partial charge in [-0.3, -0.25) is 4.79 Å². The van der Waals surface area contributed by atoms with E-state index in [0.717, 1.165) is 16.8 Å². The van der Waals surface area contributed by atoms with Crippen LogP contribution < -0.4 is 4.74 Å². The number of rotatable bonds is 5. The number of carbonyl (C=O) groups excluding carboxylic acids is 2. The van der Waals surface area contributed by atoms with Crippen molar-refractivity contribution in [3.63, 3.8) is 0 Å².